The van der Waals surface area contributed by atoms with Crippen molar-refractivity contribution in [1.29, 1.82) is 0 Å². The molecule has 0 aliphatic heterocycles. The second-order valence-corrected chi connectivity index (χ2v) is 4.49. The first-order valence-electron chi connectivity index (χ1n) is 4.59. The Hall–Kier alpha value is -0.600. The number of nitrogens with two attached hydrogens (primary N) is 1. The minimum Gasteiger partial charge on any atom is -0.327 e. The van der Waals surface area contributed by atoms with Gasteiger partial charge in [0, 0.05) is 11.4 Å². The summed E-state index contributed by atoms with van der Waals surface area (Å²) in [6, 6.07) is 2.14. The zero-order valence-corrected chi connectivity index (χ0v) is 9.32. The maximum absolute atomic E-state index is 5.68. The minimum atomic E-state index is 0.548. The van der Waals surface area contributed by atoms with Crippen LogP contribution in [0.2, 0.25) is 0 Å². The van der Waals surface area contributed by atoms with Gasteiger partial charge in [0.05, 0.1) is 0 Å². The van der Waals surface area contributed by atoms with Crippen molar-refractivity contribution in [2.24, 2.45) is 11.7 Å². The predicted octanol–water partition coefficient (Wildman–Crippen LogP) is 3.05. The first-order valence-corrected chi connectivity index (χ1v) is 5.47. The summed E-state index contributed by atoms with van der Waals surface area (Å²) in [6.07, 6.45) is 2.23. The molecule has 13 heavy (non-hydrogen) atoms. The van der Waals surface area contributed by atoms with Gasteiger partial charge in [0.2, 0.25) is 0 Å². The van der Waals surface area contributed by atoms with Crippen molar-refractivity contribution in [1.82, 2.24) is 0 Å². The molecular weight excluding hydrogens is 178 g/mol. The molecule has 0 saturated heterocycles. The number of rotatable bonds is 3. The van der Waals surface area contributed by atoms with Crippen LogP contribution in [0, 0.1) is 12.8 Å². The highest BCUT2D eigenvalue weighted by atomic mass is 32.1. The first kappa shape index (κ1) is 10.5. The summed E-state index contributed by atoms with van der Waals surface area (Å²) >= 11 is 1.78. The molecule has 0 amide bonds. The Kier molecular flexibility index (Phi) is 3.70. The zero-order valence-electron chi connectivity index (χ0n) is 8.50. The minimum absolute atomic E-state index is 0.548. The van der Waals surface area contributed by atoms with Crippen LogP contribution in [0.15, 0.2) is 17.0 Å². The maximum atomic E-state index is 5.68. The van der Waals surface area contributed by atoms with Crippen molar-refractivity contribution >= 4 is 17.4 Å². The average molecular weight is 195 g/mol. The SMILES string of the molecule is Cc1ccsc1C=C(CN)C(C)C. The van der Waals surface area contributed by atoms with E-state index in [2.05, 4.69) is 38.3 Å². The lowest BCUT2D eigenvalue weighted by Gasteiger charge is -2.07. The molecule has 0 saturated carbocycles. The molecular formula is C11H17NS. The third-order valence-electron chi connectivity index (χ3n) is 2.20. The van der Waals surface area contributed by atoms with Crippen LogP contribution in [0.5, 0.6) is 0 Å². The van der Waals surface area contributed by atoms with Crippen LogP contribution in [0.25, 0.3) is 6.08 Å². The molecule has 0 aromatic carbocycles. The summed E-state index contributed by atoms with van der Waals surface area (Å²) in [6.45, 7) is 7.16. The van der Waals surface area contributed by atoms with Crippen molar-refractivity contribution in [3.05, 3.63) is 27.5 Å². The summed E-state index contributed by atoms with van der Waals surface area (Å²) in [5, 5.41) is 2.12. The molecule has 0 aliphatic carbocycles. The van der Waals surface area contributed by atoms with Crippen LogP contribution in [0.1, 0.15) is 24.3 Å². The summed E-state index contributed by atoms with van der Waals surface area (Å²) < 4.78 is 0. The Morgan fingerprint density at radius 1 is 1.62 bits per heavy atom. The maximum Gasteiger partial charge on any atom is 0.0299 e. The second-order valence-electron chi connectivity index (χ2n) is 3.55. The van der Waals surface area contributed by atoms with Gasteiger partial charge in [-0.2, -0.15) is 0 Å². The van der Waals surface area contributed by atoms with Crippen LogP contribution in [-0.4, -0.2) is 6.54 Å². The van der Waals surface area contributed by atoms with Gasteiger partial charge in [0.25, 0.3) is 0 Å². The zero-order chi connectivity index (χ0) is 9.84. The van der Waals surface area contributed by atoms with E-state index in [9.17, 15) is 0 Å². The molecule has 0 spiro atoms. The highest BCUT2D eigenvalue weighted by Crippen LogP contribution is 2.21. The van der Waals surface area contributed by atoms with Crippen molar-refractivity contribution in [3.8, 4) is 0 Å². The lowest BCUT2D eigenvalue weighted by molar-refractivity contribution is 0.753. The molecule has 1 aromatic heterocycles. The monoisotopic (exact) mass is 195 g/mol. The van der Waals surface area contributed by atoms with E-state index in [1.54, 1.807) is 11.3 Å². The van der Waals surface area contributed by atoms with Crippen molar-refractivity contribution in [3.63, 3.8) is 0 Å². The summed E-state index contributed by atoms with van der Waals surface area (Å²) in [5.74, 6) is 0.548. The van der Waals surface area contributed by atoms with E-state index in [1.165, 1.54) is 16.0 Å². The quantitative estimate of drug-likeness (QED) is 0.788. The van der Waals surface area contributed by atoms with Gasteiger partial charge in [-0.1, -0.05) is 19.4 Å². The van der Waals surface area contributed by atoms with Crippen molar-refractivity contribution in [2.75, 3.05) is 6.54 Å². The topological polar surface area (TPSA) is 26.0 Å². The van der Waals surface area contributed by atoms with Gasteiger partial charge < -0.3 is 5.73 Å². The Labute approximate surface area is 84.3 Å². The van der Waals surface area contributed by atoms with E-state index >= 15 is 0 Å². The van der Waals surface area contributed by atoms with E-state index in [1.807, 2.05) is 0 Å². The van der Waals surface area contributed by atoms with Gasteiger partial charge in [-0.25, -0.2) is 0 Å². The van der Waals surface area contributed by atoms with Crippen molar-refractivity contribution < 1.29 is 0 Å². The molecule has 0 radical (unpaired) electrons. The molecule has 2 heteroatoms. The average Bonchev–Trinajstić information content (AvgIpc) is 2.46. The van der Waals surface area contributed by atoms with Gasteiger partial charge >= 0.3 is 0 Å². The molecule has 0 aliphatic rings. The fraction of sp³-hybridized carbons (Fsp3) is 0.455. The highest BCUT2D eigenvalue weighted by Gasteiger charge is 2.02. The van der Waals surface area contributed by atoms with Crippen LogP contribution < -0.4 is 5.73 Å². The molecule has 1 rings (SSSR count). The van der Waals surface area contributed by atoms with E-state index in [4.69, 9.17) is 5.73 Å². The third kappa shape index (κ3) is 2.68. The van der Waals surface area contributed by atoms with Crippen LogP contribution in [0.4, 0.5) is 0 Å². The highest BCUT2D eigenvalue weighted by molar-refractivity contribution is 7.11. The molecule has 2 N–H and O–H groups in total. The number of aryl methyl sites for hydroxylation is 1. The fourth-order valence-electron chi connectivity index (χ4n) is 1.16. The standard InChI is InChI=1S/C11H17NS/c1-8(2)10(7-12)6-11-9(3)4-5-13-11/h4-6,8H,7,12H2,1-3H3. The van der Waals surface area contributed by atoms with Gasteiger partial charge in [-0.3, -0.25) is 0 Å². The number of hydrogen-bond donors (Lipinski definition) is 1. The molecule has 0 bridgehead atoms. The predicted molar refractivity (Wildman–Crippen MR) is 60.9 cm³/mol. The number of hydrogen-bond acceptors (Lipinski definition) is 2. The molecule has 1 aromatic rings. The van der Waals surface area contributed by atoms with Crippen LogP contribution >= 0.6 is 11.3 Å². The Morgan fingerprint density at radius 3 is 2.69 bits per heavy atom. The van der Waals surface area contributed by atoms with Gasteiger partial charge in [-0.15, -0.1) is 11.3 Å². The Morgan fingerprint density at radius 2 is 2.31 bits per heavy atom. The molecule has 1 nitrogen and oxygen atoms in total. The Balaban J connectivity index is 2.91. The summed E-state index contributed by atoms with van der Waals surface area (Å²) in [7, 11) is 0. The lowest BCUT2D eigenvalue weighted by atomic mass is 10.0. The Bertz CT molecular complexity index is 297. The van der Waals surface area contributed by atoms with Crippen LogP contribution in [0.3, 0.4) is 0 Å². The summed E-state index contributed by atoms with van der Waals surface area (Å²) in [5.41, 5.74) is 8.35. The smallest absolute Gasteiger partial charge is 0.0299 e. The van der Waals surface area contributed by atoms with Gasteiger partial charge in [0.1, 0.15) is 0 Å². The molecule has 72 valence electrons. The second kappa shape index (κ2) is 4.58. The van der Waals surface area contributed by atoms with E-state index in [0.717, 1.165) is 0 Å². The number of thiophene rings is 1. The van der Waals surface area contributed by atoms with Gasteiger partial charge in [-0.05, 0) is 35.9 Å². The molecule has 1 heterocycles. The van der Waals surface area contributed by atoms with Gasteiger partial charge in [0.15, 0.2) is 0 Å². The first-order chi connectivity index (χ1) is 6.15. The normalized spacial score (nSPS) is 12.5. The largest absolute Gasteiger partial charge is 0.327 e. The van der Waals surface area contributed by atoms with E-state index in [0.29, 0.717) is 12.5 Å². The van der Waals surface area contributed by atoms with Crippen molar-refractivity contribution in [2.45, 2.75) is 20.8 Å². The lowest BCUT2D eigenvalue weighted by Crippen LogP contribution is -2.07. The summed E-state index contributed by atoms with van der Waals surface area (Å²) in [4.78, 5) is 1.34. The third-order valence-corrected chi connectivity index (χ3v) is 3.16. The molecule has 0 unspecified atom stereocenters. The molecule has 0 fully saturated rings. The molecule has 0 atom stereocenters. The van der Waals surface area contributed by atoms with Crippen LogP contribution in [-0.2, 0) is 0 Å². The van der Waals surface area contributed by atoms with E-state index < -0.39 is 0 Å². The van der Waals surface area contributed by atoms with E-state index in [-0.39, 0.29) is 0 Å². The fourth-order valence-corrected chi connectivity index (χ4v) is 2.05.